The normalized spacial score (nSPS) is 16.4. The molecule has 1 saturated carbocycles. The van der Waals surface area contributed by atoms with Crippen molar-refractivity contribution in [2.24, 2.45) is 4.99 Å². The molecule has 0 atom stereocenters. The van der Waals surface area contributed by atoms with Gasteiger partial charge in [0, 0.05) is 12.1 Å². The van der Waals surface area contributed by atoms with E-state index in [0.29, 0.717) is 29.9 Å². The molecule has 0 aromatic heterocycles. The summed E-state index contributed by atoms with van der Waals surface area (Å²) in [6.45, 7) is 0. The molecule has 0 unspecified atom stereocenters. The Morgan fingerprint density at radius 3 is 2.17 bits per heavy atom. The summed E-state index contributed by atoms with van der Waals surface area (Å²) in [6, 6.07) is 2.55. The van der Waals surface area contributed by atoms with Crippen LogP contribution in [0.2, 0.25) is 0 Å². The van der Waals surface area contributed by atoms with Crippen LogP contribution >= 0.6 is 0 Å². The zero-order chi connectivity index (χ0) is 13.2. The van der Waals surface area contributed by atoms with Crippen molar-refractivity contribution < 1.29 is 18.7 Å². The average Bonchev–Trinajstić information content (AvgIpc) is 2.33. The lowest BCUT2D eigenvalue weighted by Crippen LogP contribution is -2.33. The Labute approximate surface area is 104 Å². The minimum absolute atomic E-state index is 0.352. The number of aliphatic imine (C=N–C) groups is 1. The van der Waals surface area contributed by atoms with Gasteiger partial charge < -0.3 is 9.47 Å². The van der Waals surface area contributed by atoms with E-state index in [4.69, 9.17) is 9.47 Å². The van der Waals surface area contributed by atoms with Crippen LogP contribution in [0.15, 0.2) is 17.1 Å². The van der Waals surface area contributed by atoms with Crippen molar-refractivity contribution in [2.75, 3.05) is 14.2 Å². The number of isocyanates is 1. The lowest BCUT2D eigenvalue weighted by Gasteiger charge is -2.38. The Morgan fingerprint density at radius 1 is 1.28 bits per heavy atom. The van der Waals surface area contributed by atoms with E-state index >= 15 is 0 Å². The van der Waals surface area contributed by atoms with E-state index in [1.165, 1.54) is 26.4 Å². The fraction of sp³-hybridized carbons (Fsp3) is 0.462. The summed E-state index contributed by atoms with van der Waals surface area (Å²) in [5.74, 6) is 0.258. The van der Waals surface area contributed by atoms with Crippen LogP contribution in [0.5, 0.6) is 11.5 Å². The van der Waals surface area contributed by atoms with Gasteiger partial charge in [0.05, 0.1) is 19.8 Å². The fourth-order valence-corrected chi connectivity index (χ4v) is 2.36. The fourth-order valence-electron chi connectivity index (χ4n) is 2.36. The van der Waals surface area contributed by atoms with Crippen LogP contribution in [-0.4, -0.2) is 20.3 Å². The second kappa shape index (κ2) is 4.78. The summed E-state index contributed by atoms with van der Waals surface area (Å²) < 4.78 is 23.8. The molecule has 18 heavy (non-hydrogen) atoms. The third-order valence-electron chi connectivity index (χ3n) is 3.38. The van der Waals surface area contributed by atoms with Crippen molar-refractivity contribution in [1.82, 2.24) is 0 Å². The van der Waals surface area contributed by atoms with Gasteiger partial charge in [-0.05, 0) is 19.3 Å². The molecule has 5 heteroatoms. The first-order valence-corrected chi connectivity index (χ1v) is 5.68. The molecule has 96 valence electrons. The van der Waals surface area contributed by atoms with Crippen LogP contribution < -0.4 is 9.47 Å². The largest absolute Gasteiger partial charge is 0.496 e. The van der Waals surface area contributed by atoms with Crippen LogP contribution in [-0.2, 0) is 10.3 Å². The van der Waals surface area contributed by atoms with Gasteiger partial charge in [0.2, 0.25) is 6.08 Å². The monoisotopic (exact) mass is 251 g/mol. The first-order valence-electron chi connectivity index (χ1n) is 5.68. The molecule has 4 nitrogen and oxygen atoms in total. The van der Waals surface area contributed by atoms with E-state index in [1.54, 1.807) is 6.08 Å². The maximum absolute atomic E-state index is 13.4. The predicted molar refractivity (Wildman–Crippen MR) is 63.2 cm³/mol. The van der Waals surface area contributed by atoms with Crippen LogP contribution in [0.4, 0.5) is 4.39 Å². The van der Waals surface area contributed by atoms with Crippen molar-refractivity contribution in [3.8, 4) is 11.5 Å². The Bertz CT molecular complexity index is 480. The second-order valence-corrected chi connectivity index (χ2v) is 4.27. The quantitative estimate of drug-likeness (QED) is 0.610. The van der Waals surface area contributed by atoms with E-state index in [2.05, 4.69) is 4.99 Å². The molecule has 1 fully saturated rings. The number of nitrogens with zero attached hydrogens (tertiary/aromatic N) is 1. The predicted octanol–water partition coefficient (Wildman–Crippen LogP) is 2.56. The molecule has 0 aliphatic heterocycles. The smallest absolute Gasteiger partial charge is 0.235 e. The van der Waals surface area contributed by atoms with E-state index in [-0.39, 0.29) is 0 Å². The molecular weight excluding hydrogens is 237 g/mol. The maximum atomic E-state index is 13.4. The van der Waals surface area contributed by atoms with Gasteiger partial charge in [-0.3, -0.25) is 0 Å². The van der Waals surface area contributed by atoms with Crippen LogP contribution in [0.1, 0.15) is 24.8 Å². The number of halogens is 1. The summed E-state index contributed by atoms with van der Waals surface area (Å²) in [5.41, 5.74) is -0.0462. The minimum Gasteiger partial charge on any atom is -0.496 e. The minimum atomic E-state index is -0.674. The zero-order valence-corrected chi connectivity index (χ0v) is 10.3. The average molecular weight is 251 g/mol. The van der Waals surface area contributed by atoms with Crippen LogP contribution in [0, 0.1) is 5.82 Å². The number of methoxy groups -OCH3 is 2. The second-order valence-electron chi connectivity index (χ2n) is 4.27. The van der Waals surface area contributed by atoms with Crippen LogP contribution in [0.3, 0.4) is 0 Å². The van der Waals surface area contributed by atoms with Gasteiger partial charge in [0.25, 0.3) is 0 Å². The molecule has 1 aliphatic carbocycles. The summed E-state index contributed by atoms with van der Waals surface area (Å²) in [7, 11) is 2.91. The van der Waals surface area contributed by atoms with Crippen molar-refractivity contribution >= 4 is 6.08 Å². The summed E-state index contributed by atoms with van der Waals surface area (Å²) in [5, 5.41) is 0. The highest BCUT2D eigenvalue weighted by molar-refractivity contribution is 5.53. The number of hydrogen-bond donors (Lipinski definition) is 0. The number of hydrogen-bond acceptors (Lipinski definition) is 4. The molecule has 1 aliphatic rings. The van der Waals surface area contributed by atoms with Gasteiger partial charge >= 0.3 is 0 Å². The molecule has 0 amide bonds. The SMILES string of the molecule is COc1cc(F)cc(OC)c1C1(N=C=O)CCC1. The zero-order valence-electron chi connectivity index (χ0n) is 10.3. The third-order valence-corrected chi connectivity index (χ3v) is 3.38. The van der Waals surface area contributed by atoms with Crippen LogP contribution in [0.25, 0.3) is 0 Å². The molecule has 2 rings (SSSR count). The summed E-state index contributed by atoms with van der Waals surface area (Å²) in [6.07, 6.45) is 3.97. The molecule has 0 spiro atoms. The molecule has 1 aromatic rings. The molecular formula is C13H14FNO3. The Morgan fingerprint density at radius 2 is 1.83 bits per heavy atom. The van der Waals surface area contributed by atoms with Gasteiger partial charge in [-0.15, -0.1) is 0 Å². The highest BCUT2D eigenvalue weighted by Gasteiger charge is 2.43. The van der Waals surface area contributed by atoms with Gasteiger partial charge in [-0.2, -0.15) is 4.99 Å². The Hall–Kier alpha value is -1.87. The highest BCUT2D eigenvalue weighted by Crippen LogP contribution is 2.51. The standard InChI is InChI=1S/C13H14FNO3/c1-17-10-6-9(14)7-11(18-2)12(10)13(15-8-16)4-3-5-13/h6-7H,3-5H2,1-2H3. The maximum Gasteiger partial charge on any atom is 0.235 e. The van der Waals surface area contributed by atoms with E-state index in [0.717, 1.165) is 6.42 Å². The first-order chi connectivity index (χ1) is 8.66. The van der Waals surface area contributed by atoms with E-state index in [9.17, 15) is 9.18 Å². The lowest BCUT2D eigenvalue weighted by molar-refractivity contribution is 0.235. The molecule has 0 heterocycles. The van der Waals surface area contributed by atoms with E-state index < -0.39 is 11.4 Å². The van der Waals surface area contributed by atoms with E-state index in [1.807, 2.05) is 0 Å². The Kier molecular flexibility index (Phi) is 3.34. The van der Waals surface area contributed by atoms with Gasteiger partial charge in [0.1, 0.15) is 22.9 Å². The number of rotatable bonds is 4. The molecule has 0 bridgehead atoms. The van der Waals surface area contributed by atoms with Crippen molar-refractivity contribution in [3.63, 3.8) is 0 Å². The molecule has 0 N–H and O–H groups in total. The number of ether oxygens (including phenoxy) is 2. The van der Waals surface area contributed by atoms with Crippen molar-refractivity contribution in [2.45, 2.75) is 24.8 Å². The Balaban J connectivity index is 2.64. The molecule has 0 saturated heterocycles. The molecule has 0 radical (unpaired) electrons. The lowest BCUT2D eigenvalue weighted by atomic mass is 9.71. The van der Waals surface area contributed by atoms with Gasteiger partial charge in [-0.25, -0.2) is 9.18 Å². The topological polar surface area (TPSA) is 47.9 Å². The molecule has 1 aromatic carbocycles. The summed E-state index contributed by atoms with van der Waals surface area (Å²) >= 11 is 0. The third kappa shape index (κ3) is 1.87. The van der Waals surface area contributed by atoms with Gasteiger partial charge in [0.15, 0.2) is 0 Å². The number of carbonyl (C=O) groups excluding carboxylic acids is 1. The van der Waals surface area contributed by atoms with Crippen molar-refractivity contribution in [1.29, 1.82) is 0 Å². The first kappa shape index (κ1) is 12.6. The number of benzene rings is 1. The van der Waals surface area contributed by atoms with Crippen molar-refractivity contribution in [3.05, 3.63) is 23.5 Å². The van der Waals surface area contributed by atoms with Gasteiger partial charge in [-0.1, -0.05) is 0 Å². The highest BCUT2D eigenvalue weighted by atomic mass is 19.1. The summed E-state index contributed by atoms with van der Waals surface area (Å²) in [4.78, 5) is 14.5.